The molecular formula is C27H29F2N5O2. The number of halogens is 2. The zero-order valence-corrected chi connectivity index (χ0v) is 20.0. The standard InChI is InChI=1S/C27H29F2N5O2/c1-15(18-3-2-4-20(28)8-18)31-21-6-5-19-13-30-24(32-23(19)22(21)29)33-25(35)34-26-9-16-7-17(10-26)12-27(36,11-16)14-26/h2-6,8,13,15-17,31,36H,7,9-12,14H2,1H3,(H2,30,32,33,34,35). The Morgan fingerprint density at radius 2 is 1.92 bits per heavy atom. The minimum Gasteiger partial charge on any atom is -0.390 e. The number of amides is 2. The number of aromatic nitrogens is 2. The molecule has 2 aromatic carbocycles. The highest BCUT2D eigenvalue weighted by Gasteiger charge is 2.57. The van der Waals surface area contributed by atoms with E-state index in [0.29, 0.717) is 29.2 Å². The Kier molecular flexibility index (Phi) is 5.37. The van der Waals surface area contributed by atoms with Crippen LogP contribution in [0, 0.1) is 23.5 Å². The number of nitrogens with zero attached hydrogens (tertiary/aromatic N) is 2. The monoisotopic (exact) mass is 493 g/mol. The molecule has 0 radical (unpaired) electrons. The molecule has 4 fully saturated rings. The first-order valence-electron chi connectivity index (χ1n) is 12.5. The molecule has 4 saturated carbocycles. The summed E-state index contributed by atoms with van der Waals surface area (Å²) in [5.41, 5.74) is -0.136. The number of hydrogen-bond donors (Lipinski definition) is 4. The summed E-state index contributed by atoms with van der Waals surface area (Å²) in [5, 5.41) is 20.2. The van der Waals surface area contributed by atoms with E-state index in [0.717, 1.165) is 32.1 Å². The molecule has 3 aromatic rings. The average Bonchev–Trinajstić information content (AvgIpc) is 2.79. The van der Waals surface area contributed by atoms with E-state index in [4.69, 9.17) is 0 Å². The van der Waals surface area contributed by atoms with Crippen molar-refractivity contribution in [1.29, 1.82) is 0 Å². The Morgan fingerprint density at radius 3 is 2.64 bits per heavy atom. The Balaban J connectivity index is 1.19. The number of nitrogens with one attached hydrogen (secondary N) is 3. The first kappa shape index (κ1) is 23.1. The lowest BCUT2D eigenvalue weighted by molar-refractivity contribution is -0.138. The van der Waals surface area contributed by atoms with Crippen molar-refractivity contribution >= 4 is 28.6 Å². The molecule has 4 bridgehead atoms. The van der Waals surface area contributed by atoms with E-state index in [1.165, 1.54) is 18.3 Å². The molecule has 188 valence electrons. The van der Waals surface area contributed by atoms with Crippen molar-refractivity contribution in [2.75, 3.05) is 10.6 Å². The summed E-state index contributed by atoms with van der Waals surface area (Å²) < 4.78 is 29.0. The number of rotatable bonds is 5. The first-order chi connectivity index (χ1) is 17.2. The summed E-state index contributed by atoms with van der Waals surface area (Å²) in [6.45, 7) is 1.82. The van der Waals surface area contributed by atoms with Gasteiger partial charge in [-0.3, -0.25) is 5.32 Å². The molecule has 4 aliphatic rings. The van der Waals surface area contributed by atoms with Crippen molar-refractivity contribution in [1.82, 2.24) is 15.3 Å². The molecule has 0 aliphatic heterocycles. The van der Waals surface area contributed by atoms with E-state index in [-0.39, 0.29) is 29.0 Å². The van der Waals surface area contributed by atoms with E-state index in [9.17, 15) is 14.3 Å². The SMILES string of the molecule is CC(Nc1ccc2cnc(NC(=O)NC34CC5CC(CC(O)(C5)C3)C4)nc2c1F)c1cccc(F)c1. The van der Waals surface area contributed by atoms with Crippen LogP contribution in [0.1, 0.15) is 57.1 Å². The van der Waals surface area contributed by atoms with Gasteiger partial charge in [-0.15, -0.1) is 0 Å². The number of carbonyl (C=O) groups excluding carboxylic acids is 1. The van der Waals surface area contributed by atoms with Gasteiger partial charge in [0.15, 0.2) is 5.82 Å². The molecule has 1 heterocycles. The minimum absolute atomic E-state index is 0.00216. The molecular weight excluding hydrogens is 464 g/mol. The number of carbonyl (C=O) groups is 1. The van der Waals surface area contributed by atoms with E-state index in [2.05, 4.69) is 25.9 Å². The molecule has 7 rings (SSSR count). The Bertz CT molecular complexity index is 1330. The summed E-state index contributed by atoms with van der Waals surface area (Å²) in [6, 6.07) is 8.64. The second-order valence-corrected chi connectivity index (χ2v) is 11.0. The largest absolute Gasteiger partial charge is 0.390 e. The second-order valence-electron chi connectivity index (χ2n) is 11.0. The van der Waals surface area contributed by atoms with Gasteiger partial charge < -0.3 is 15.7 Å². The van der Waals surface area contributed by atoms with Crippen molar-refractivity contribution in [2.24, 2.45) is 11.8 Å². The van der Waals surface area contributed by atoms with Crippen molar-refractivity contribution in [3.05, 3.63) is 59.8 Å². The zero-order valence-electron chi connectivity index (χ0n) is 20.0. The maximum atomic E-state index is 15.4. The number of anilines is 2. The molecule has 0 saturated heterocycles. The summed E-state index contributed by atoms with van der Waals surface area (Å²) in [5.74, 6) is -0.0707. The van der Waals surface area contributed by atoms with Crippen LogP contribution in [0.5, 0.6) is 0 Å². The van der Waals surface area contributed by atoms with Crippen LogP contribution in [0.2, 0.25) is 0 Å². The van der Waals surface area contributed by atoms with Gasteiger partial charge in [-0.2, -0.15) is 0 Å². The molecule has 2 amide bonds. The highest BCUT2D eigenvalue weighted by molar-refractivity contribution is 5.90. The lowest BCUT2D eigenvalue weighted by atomic mass is 9.51. The fraction of sp³-hybridized carbons (Fsp3) is 0.444. The summed E-state index contributed by atoms with van der Waals surface area (Å²) in [4.78, 5) is 21.4. The number of hydrogen-bond acceptors (Lipinski definition) is 5. The van der Waals surface area contributed by atoms with Gasteiger partial charge in [0.05, 0.1) is 11.3 Å². The molecule has 36 heavy (non-hydrogen) atoms. The van der Waals surface area contributed by atoms with E-state index in [1.54, 1.807) is 24.3 Å². The number of urea groups is 1. The fourth-order valence-corrected chi connectivity index (χ4v) is 7.06. The van der Waals surface area contributed by atoms with Crippen LogP contribution in [0.25, 0.3) is 10.9 Å². The van der Waals surface area contributed by atoms with Crippen molar-refractivity contribution < 1.29 is 18.7 Å². The summed E-state index contributed by atoms with van der Waals surface area (Å²) >= 11 is 0. The third kappa shape index (κ3) is 4.25. The third-order valence-electron chi connectivity index (χ3n) is 8.05. The Hall–Kier alpha value is -3.33. The fourth-order valence-electron chi connectivity index (χ4n) is 7.06. The van der Waals surface area contributed by atoms with E-state index < -0.39 is 23.0 Å². The molecule has 3 unspecified atom stereocenters. The van der Waals surface area contributed by atoms with E-state index in [1.807, 2.05) is 6.92 Å². The van der Waals surface area contributed by atoms with Crippen LogP contribution >= 0.6 is 0 Å². The van der Waals surface area contributed by atoms with E-state index >= 15 is 4.39 Å². The predicted octanol–water partition coefficient (Wildman–Crippen LogP) is 5.29. The zero-order chi connectivity index (χ0) is 25.1. The van der Waals surface area contributed by atoms with Crippen LogP contribution in [-0.4, -0.2) is 32.2 Å². The minimum atomic E-state index is -0.688. The van der Waals surface area contributed by atoms with Gasteiger partial charge in [-0.25, -0.2) is 23.5 Å². The third-order valence-corrected chi connectivity index (χ3v) is 8.05. The van der Waals surface area contributed by atoms with Gasteiger partial charge in [0, 0.05) is 23.2 Å². The van der Waals surface area contributed by atoms with Gasteiger partial charge in [-0.1, -0.05) is 12.1 Å². The van der Waals surface area contributed by atoms with Gasteiger partial charge in [0.1, 0.15) is 11.3 Å². The van der Waals surface area contributed by atoms with Crippen molar-refractivity contribution in [2.45, 2.75) is 62.6 Å². The average molecular weight is 494 g/mol. The maximum Gasteiger partial charge on any atom is 0.322 e. The summed E-state index contributed by atoms with van der Waals surface area (Å²) in [7, 11) is 0. The molecule has 1 aromatic heterocycles. The smallest absolute Gasteiger partial charge is 0.322 e. The maximum absolute atomic E-state index is 15.4. The molecule has 7 nitrogen and oxygen atoms in total. The van der Waals surface area contributed by atoms with Crippen LogP contribution in [0.3, 0.4) is 0 Å². The van der Waals surface area contributed by atoms with Crippen LogP contribution in [-0.2, 0) is 0 Å². The second kappa shape index (κ2) is 8.37. The van der Waals surface area contributed by atoms with Crippen LogP contribution in [0.15, 0.2) is 42.6 Å². The highest BCUT2D eigenvalue weighted by atomic mass is 19.1. The highest BCUT2D eigenvalue weighted by Crippen LogP contribution is 2.57. The van der Waals surface area contributed by atoms with Crippen molar-refractivity contribution in [3.8, 4) is 0 Å². The van der Waals surface area contributed by atoms with Gasteiger partial charge in [0.25, 0.3) is 0 Å². The molecule has 4 N–H and O–H groups in total. The number of fused-ring (bicyclic) bond motifs is 1. The molecule has 3 atom stereocenters. The summed E-state index contributed by atoms with van der Waals surface area (Å²) in [6.07, 6.45) is 6.51. The quantitative estimate of drug-likeness (QED) is 0.387. The number of benzene rings is 2. The van der Waals surface area contributed by atoms with Gasteiger partial charge in [-0.05, 0) is 87.1 Å². The lowest BCUT2D eigenvalue weighted by Crippen LogP contribution is -2.65. The van der Waals surface area contributed by atoms with Gasteiger partial charge >= 0.3 is 6.03 Å². The number of aliphatic hydroxyl groups is 1. The van der Waals surface area contributed by atoms with Crippen LogP contribution < -0.4 is 16.0 Å². The van der Waals surface area contributed by atoms with Crippen LogP contribution in [0.4, 0.5) is 25.2 Å². The topological polar surface area (TPSA) is 99.2 Å². The predicted molar refractivity (Wildman–Crippen MR) is 132 cm³/mol. The normalized spacial score (nSPS) is 29.2. The first-order valence-corrected chi connectivity index (χ1v) is 12.5. The van der Waals surface area contributed by atoms with Crippen molar-refractivity contribution in [3.63, 3.8) is 0 Å². The lowest BCUT2D eigenvalue weighted by Gasteiger charge is -2.60. The molecule has 4 aliphatic carbocycles. The Morgan fingerprint density at radius 1 is 1.14 bits per heavy atom. The Labute approximate surface area is 207 Å². The molecule has 9 heteroatoms. The van der Waals surface area contributed by atoms with Gasteiger partial charge in [0.2, 0.25) is 5.95 Å². The molecule has 0 spiro atoms.